The van der Waals surface area contributed by atoms with Crippen LogP contribution in [0.1, 0.15) is 53.3 Å². The lowest BCUT2D eigenvalue weighted by molar-refractivity contribution is -0.274. The van der Waals surface area contributed by atoms with Crippen molar-refractivity contribution in [1.29, 1.82) is 0 Å². The van der Waals surface area contributed by atoms with E-state index in [2.05, 4.69) is 36.0 Å². The molecule has 0 saturated heterocycles. The first kappa shape index (κ1) is 58.5. The third kappa shape index (κ3) is 13.5. The number of nitrogens with one attached hydrogen (secondary N) is 3. The fraction of sp³-hybridized carbons (Fsp3) is 0.0769. The molecule has 0 bridgehead atoms. The van der Waals surface area contributed by atoms with Crippen LogP contribution in [-0.4, -0.2) is 53.4 Å². The van der Waals surface area contributed by atoms with Gasteiger partial charge in [-0.25, -0.2) is 26.3 Å². The minimum absolute atomic E-state index is 0.0265. The van der Waals surface area contributed by atoms with Gasteiger partial charge in [0.15, 0.2) is 0 Å². The highest BCUT2D eigenvalue weighted by Gasteiger charge is 2.32. The third-order valence-electron chi connectivity index (χ3n) is 13.8. The van der Waals surface area contributed by atoms with E-state index in [1.807, 2.05) is 12.1 Å². The van der Waals surface area contributed by atoms with Crippen LogP contribution >= 0.6 is 0 Å². The number of hydrogen-bond donors (Lipinski definition) is 3. The molecule has 0 spiro atoms. The number of anilines is 3. The SMILES string of the molecule is O=C(Nc1cnn(Cc2cccc(-c3cc(F)c(C(=O)Nc4cnn(Cc5ccccc5OCc5ccc(-c6cc(F)c(C(=O)Nc7cnn(Cc8ccccc8OC(F)(F)F)c7)c(F)c6)cc5)c4)c(F)c3)c2-c2ccccc2)c1)c1c(F)cccc1F. The van der Waals surface area contributed by atoms with Gasteiger partial charge in [0.2, 0.25) is 0 Å². The van der Waals surface area contributed by atoms with E-state index in [9.17, 15) is 36.3 Å². The van der Waals surface area contributed by atoms with Crippen molar-refractivity contribution in [2.45, 2.75) is 32.6 Å². The van der Waals surface area contributed by atoms with Gasteiger partial charge in [-0.2, -0.15) is 15.3 Å². The molecule has 0 aliphatic carbocycles. The van der Waals surface area contributed by atoms with E-state index in [0.717, 1.165) is 48.5 Å². The zero-order chi connectivity index (χ0) is 61.6. The van der Waals surface area contributed by atoms with Gasteiger partial charge in [0, 0.05) is 29.7 Å². The topological polar surface area (TPSA) is 159 Å². The van der Waals surface area contributed by atoms with Crippen LogP contribution in [0.3, 0.4) is 0 Å². The number of nitrogens with zero attached hydrogens (tertiary/aromatic N) is 6. The molecule has 3 heterocycles. The van der Waals surface area contributed by atoms with E-state index in [0.29, 0.717) is 44.7 Å². The van der Waals surface area contributed by atoms with Gasteiger partial charge in [-0.15, -0.1) is 13.2 Å². The standard InChI is InChI=1S/C65H44F9N9O5/c66-50-16-9-17-51(67)59(50)62(84)78-48-30-77-83(36-48)33-43-14-8-15-49(58(43)40-10-2-1-3-11-40)45-26-54(70)61(55(71)27-45)64(86)80-46-28-75-81(34-46)31-41-12-4-6-18-56(41)87-37-38-20-22-39(23-21-38)44-24-52(68)60(53(69)25-44)63(85)79-47-29-76-82(35-47)32-42-13-5-7-19-57(42)88-65(72,73)74/h1-30,34-36H,31-33,37H2,(H,78,84)(H,79,85)(H,80,86). The average Bonchev–Trinajstić information content (AvgIpc) is 1.40. The van der Waals surface area contributed by atoms with Crippen LogP contribution in [0.4, 0.5) is 56.6 Å². The number of alkyl halides is 3. The molecular weight excluding hydrogens is 1160 g/mol. The monoisotopic (exact) mass is 1200 g/mol. The van der Waals surface area contributed by atoms with Gasteiger partial charge in [-0.3, -0.25) is 28.4 Å². The fourth-order valence-electron chi connectivity index (χ4n) is 9.77. The Morgan fingerprint density at radius 3 is 1.35 bits per heavy atom. The lowest BCUT2D eigenvalue weighted by Crippen LogP contribution is -2.18. The van der Waals surface area contributed by atoms with Crippen LogP contribution in [0.15, 0.2) is 201 Å². The highest BCUT2D eigenvalue weighted by molar-refractivity contribution is 6.06. The summed E-state index contributed by atoms with van der Waals surface area (Å²) in [5.41, 5.74) is 2.39. The van der Waals surface area contributed by atoms with E-state index >= 15 is 17.6 Å². The van der Waals surface area contributed by atoms with Crippen molar-refractivity contribution in [3.05, 3.63) is 275 Å². The number of carbonyl (C=O) groups excluding carboxylic acids is 3. The highest BCUT2D eigenvalue weighted by atomic mass is 19.4. The lowest BCUT2D eigenvalue weighted by Gasteiger charge is -2.17. The highest BCUT2D eigenvalue weighted by Crippen LogP contribution is 2.38. The molecule has 0 saturated carbocycles. The van der Waals surface area contributed by atoms with E-state index in [4.69, 9.17) is 4.74 Å². The summed E-state index contributed by atoms with van der Waals surface area (Å²) in [6.45, 7) is 0.137. The second-order valence-electron chi connectivity index (χ2n) is 19.8. The van der Waals surface area contributed by atoms with Gasteiger partial charge in [-0.1, -0.05) is 115 Å². The molecule has 3 aromatic heterocycles. The first-order chi connectivity index (χ1) is 42.4. The number of benzene rings is 8. The number of amides is 3. The Hall–Kier alpha value is -11.2. The summed E-state index contributed by atoms with van der Waals surface area (Å²) < 4.78 is 145. The second-order valence-corrected chi connectivity index (χ2v) is 19.8. The lowest BCUT2D eigenvalue weighted by atomic mass is 9.90. The van der Waals surface area contributed by atoms with E-state index in [1.54, 1.807) is 84.9 Å². The normalized spacial score (nSPS) is 11.3. The van der Waals surface area contributed by atoms with Crippen LogP contribution in [0, 0.1) is 34.9 Å². The first-order valence-corrected chi connectivity index (χ1v) is 26.6. The zero-order valence-corrected chi connectivity index (χ0v) is 45.5. The van der Waals surface area contributed by atoms with E-state index < -0.39 is 81.4 Å². The van der Waals surface area contributed by atoms with Gasteiger partial charge >= 0.3 is 6.36 Å². The quantitative estimate of drug-likeness (QED) is 0.0675. The van der Waals surface area contributed by atoms with Crippen molar-refractivity contribution in [1.82, 2.24) is 29.3 Å². The van der Waals surface area contributed by atoms with Crippen molar-refractivity contribution < 1.29 is 63.4 Å². The predicted octanol–water partition coefficient (Wildman–Crippen LogP) is 14.5. The van der Waals surface area contributed by atoms with Gasteiger partial charge in [0.1, 0.15) is 69.7 Å². The van der Waals surface area contributed by atoms with E-state index in [1.165, 1.54) is 69.4 Å². The van der Waals surface area contributed by atoms with Crippen molar-refractivity contribution in [3.8, 4) is 44.9 Å². The van der Waals surface area contributed by atoms with Crippen molar-refractivity contribution >= 4 is 34.8 Å². The van der Waals surface area contributed by atoms with Crippen LogP contribution < -0.4 is 25.4 Å². The van der Waals surface area contributed by atoms with Gasteiger partial charge in [0.05, 0.1) is 55.3 Å². The molecule has 23 heteroatoms. The molecule has 3 N–H and O–H groups in total. The summed E-state index contributed by atoms with van der Waals surface area (Å²) in [5.74, 6) is -9.82. The number of carbonyl (C=O) groups is 3. The maximum atomic E-state index is 16.1. The minimum atomic E-state index is -4.93. The number of hydrogen-bond acceptors (Lipinski definition) is 8. The molecule has 8 aromatic carbocycles. The number of ether oxygens (including phenoxy) is 2. The summed E-state index contributed by atoms with van der Waals surface area (Å²) >= 11 is 0. The molecule has 0 atom stereocenters. The second kappa shape index (κ2) is 25.2. The number of halogens is 9. The van der Waals surface area contributed by atoms with Crippen LogP contribution in [0.2, 0.25) is 0 Å². The largest absolute Gasteiger partial charge is 0.573 e. The molecule has 88 heavy (non-hydrogen) atoms. The molecule has 0 radical (unpaired) electrons. The maximum Gasteiger partial charge on any atom is 0.573 e. The Labute approximate surface area is 494 Å². The maximum absolute atomic E-state index is 16.1. The van der Waals surface area contributed by atoms with E-state index in [-0.39, 0.29) is 60.0 Å². The van der Waals surface area contributed by atoms with Crippen molar-refractivity contribution in [3.63, 3.8) is 0 Å². The van der Waals surface area contributed by atoms with Gasteiger partial charge < -0.3 is 25.4 Å². The smallest absolute Gasteiger partial charge is 0.489 e. The van der Waals surface area contributed by atoms with Gasteiger partial charge in [-0.05, 0) is 93.0 Å². The number of para-hydroxylation sites is 2. The van der Waals surface area contributed by atoms with Crippen LogP contribution in [0.5, 0.6) is 11.5 Å². The molecular formula is C65H44F9N9O5. The van der Waals surface area contributed by atoms with Crippen molar-refractivity contribution in [2.24, 2.45) is 0 Å². The number of rotatable bonds is 19. The number of aromatic nitrogens is 6. The van der Waals surface area contributed by atoms with Gasteiger partial charge in [0.25, 0.3) is 17.7 Å². The molecule has 0 aliphatic rings. The molecule has 0 fully saturated rings. The Balaban J connectivity index is 0.710. The summed E-state index contributed by atoms with van der Waals surface area (Å²) in [7, 11) is 0. The van der Waals surface area contributed by atoms with Crippen molar-refractivity contribution in [2.75, 3.05) is 16.0 Å². The summed E-state index contributed by atoms with van der Waals surface area (Å²) in [6, 6.07) is 40.5. The molecule has 0 unspecified atom stereocenters. The molecule has 442 valence electrons. The molecule has 11 rings (SSSR count). The molecule has 14 nitrogen and oxygen atoms in total. The Bertz CT molecular complexity index is 4350. The fourth-order valence-corrected chi connectivity index (χ4v) is 9.77. The zero-order valence-electron chi connectivity index (χ0n) is 45.5. The van der Waals surface area contributed by atoms with Crippen LogP contribution in [-0.2, 0) is 26.2 Å². The average molecular weight is 1200 g/mol. The Morgan fingerprint density at radius 2 is 0.841 bits per heavy atom. The summed E-state index contributed by atoms with van der Waals surface area (Å²) in [4.78, 5) is 39.4. The molecule has 0 aliphatic heterocycles. The van der Waals surface area contributed by atoms with Crippen LogP contribution in [0.25, 0.3) is 33.4 Å². The summed E-state index contributed by atoms with van der Waals surface area (Å²) in [5, 5.41) is 20.0. The predicted molar refractivity (Wildman–Crippen MR) is 307 cm³/mol. The third-order valence-corrected chi connectivity index (χ3v) is 13.8. The first-order valence-electron chi connectivity index (χ1n) is 26.6. The Kier molecular flexibility index (Phi) is 16.7. The summed E-state index contributed by atoms with van der Waals surface area (Å²) in [6.07, 6.45) is 3.09. The minimum Gasteiger partial charge on any atom is -0.489 e. The molecule has 11 aromatic rings. The Morgan fingerprint density at radius 1 is 0.420 bits per heavy atom. The molecule has 3 amide bonds.